The summed E-state index contributed by atoms with van der Waals surface area (Å²) in [5, 5.41) is 5.61. The van der Waals surface area contributed by atoms with Crippen molar-refractivity contribution in [3.63, 3.8) is 0 Å². The van der Waals surface area contributed by atoms with E-state index in [0.717, 1.165) is 11.1 Å². The number of carbonyl (C=O) groups is 3. The third-order valence-electron chi connectivity index (χ3n) is 4.39. The second-order valence-electron chi connectivity index (χ2n) is 7.70. The van der Waals surface area contributed by atoms with E-state index in [1.54, 1.807) is 36.4 Å². The van der Waals surface area contributed by atoms with Gasteiger partial charge in [0.05, 0.1) is 12.7 Å². The Morgan fingerprint density at radius 3 is 2.21 bits per heavy atom. The van der Waals surface area contributed by atoms with Crippen molar-refractivity contribution in [1.82, 2.24) is 0 Å². The third kappa shape index (κ3) is 4.97. The van der Waals surface area contributed by atoms with Gasteiger partial charge in [0.2, 0.25) is 5.91 Å². The Balaban J connectivity index is 2.24. The minimum absolute atomic E-state index is 0.137. The number of nitrogens with one attached hydrogen (secondary N) is 2. The average molecular weight is 382 g/mol. The molecule has 28 heavy (non-hydrogen) atoms. The van der Waals surface area contributed by atoms with Crippen molar-refractivity contribution in [1.29, 1.82) is 0 Å². The Morgan fingerprint density at radius 1 is 0.929 bits per heavy atom. The molecule has 6 nitrogen and oxygen atoms in total. The van der Waals surface area contributed by atoms with E-state index < -0.39 is 11.4 Å². The predicted molar refractivity (Wildman–Crippen MR) is 110 cm³/mol. The highest BCUT2D eigenvalue weighted by molar-refractivity contribution is 6.06. The van der Waals surface area contributed by atoms with Gasteiger partial charge in [-0.1, -0.05) is 26.8 Å². The number of aryl methyl sites for hydroxylation is 1. The van der Waals surface area contributed by atoms with Crippen molar-refractivity contribution in [2.75, 3.05) is 17.7 Å². The van der Waals surface area contributed by atoms with Crippen molar-refractivity contribution < 1.29 is 19.1 Å². The molecule has 0 spiro atoms. The van der Waals surface area contributed by atoms with Gasteiger partial charge >= 0.3 is 5.97 Å². The molecule has 2 N–H and O–H groups in total. The average Bonchev–Trinajstić information content (AvgIpc) is 2.63. The number of amides is 2. The zero-order valence-electron chi connectivity index (χ0n) is 17.1. The molecule has 0 aliphatic carbocycles. The largest absolute Gasteiger partial charge is 0.465 e. The van der Waals surface area contributed by atoms with E-state index in [4.69, 9.17) is 4.74 Å². The van der Waals surface area contributed by atoms with Gasteiger partial charge in [0.25, 0.3) is 5.91 Å². The first-order valence-electron chi connectivity index (χ1n) is 8.95. The number of esters is 1. The highest BCUT2D eigenvalue weighted by Gasteiger charge is 2.21. The number of methoxy groups -OCH3 is 1. The van der Waals surface area contributed by atoms with Gasteiger partial charge in [0, 0.05) is 22.4 Å². The molecule has 0 aromatic heterocycles. The van der Waals surface area contributed by atoms with Gasteiger partial charge in [-0.25, -0.2) is 4.79 Å². The van der Waals surface area contributed by atoms with E-state index in [2.05, 4.69) is 10.6 Å². The van der Waals surface area contributed by atoms with Crippen molar-refractivity contribution in [2.24, 2.45) is 5.41 Å². The highest BCUT2D eigenvalue weighted by Crippen LogP contribution is 2.22. The lowest BCUT2D eigenvalue weighted by atomic mass is 9.95. The van der Waals surface area contributed by atoms with Crippen molar-refractivity contribution in [2.45, 2.75) is 34.6 Å². The molecule has 148 valence electrons. The molecule has 0 bridgehead atoms. The van der Waals surface area contributed by atoms with E-state index in [-0.39, 0.29) is 11.8 Å². The van der Waals surface area contributed by atoms with Gasteiger partial charge in [0.1, 0.15) is 0 Å². The van der Waals surface area contributed by atoms with E-state index in [1.807, 2.05) is 34.6 Å². The van der Waals surface area contributed by atoms with Crippen LogP contribution < -0.4 is 10.6 Å². The first-order valence-corrected chi connectivity index (χ1v) is 8.95. The summed E-state index contributed by atoms with van der Waals surface area (Å²) in [5.41, 5.74) is 2.97. The molecular weight excluding hydrogens is 356 g/mol. The highest BCUT2D eigenvalue weighted by atomic mass is 16.5. The molecule has 2 rings (SSSR count). The Morgan fingerprint density at radius 2 is 1.61 bits per heavy atom. The predicted octanol–water partition coefficient (Wildman–Crippen LogP) is 4.33. The molecule has 0 saturated heterocycles. The number of carbonyl (C=O) groups excluding carboxylic acids is 3. The monoisotopic (exact) mass is 382 g/mol. The first-order chi connectivity index (χ1) is 13.0. The van der Waals surface area contributed by atoms with Crippen LogP contribution in [0.1, 0.15) is 52.6 Å². The summed E-state index contributed by atoms with van der Waals surface area (Å²) >= 11 is 0. The van der Waals surface area contributed by atoms with Crippen LogP contribution in [0.5, 0.6) is 0 Å². The van der Waals surface area contributed by atoms with Gasteiger partial charge < -0.3 is 15.4 Å². The molecule has 0 heterocycles. The molecule has 0 aliphatic rings. The van der Waals surface area contributed by atoms with Crippen LogP contribution >= 0.6 is 0 Å². The molecule has 6 heteroatoms. The number of benzene rings is 2. The fourth-order valence-electron chi connectivity index (χ4n) is 2.51. The molecule has 0 aliphatic heterocycles. The van der Waals surface area contributed by atoms with Gasteiger partial charge in [-0.2, -0.15) is 0 Å². The van der Waals surface area contributed by atoms with Crippen molar-refractivity contribution >= 4 is 29.2 Å². The zero-order valence-corrected chi connectivity index (χ0v) is 17.1. The second-order valence-corrected chi connectivity index (χ2v) is 7.70. The van der Waals surface area contributed by atoms with E-state index in [1.165, 1.54) is 7.11 Å². The summed E-state index contributed by atoms with van der Waals surface area (Å²) in [6, 6.07) is 10.1. The van der Waals surface area contributed by atoms with Crippen LogP contribution in [0.3, 0.4) is 0 Å². The lowest BCUT2D eigenvalue weighted by molar-refractivity contribution is -0.123. The smallest absolute Gasteiger partial charge is 0.338 e. The molecule has 0 radical (unpaired) electrons. The van der Waals surface area contributed by atoms with E-state index in [0.29, 0.717) is 22.5 Å². The lowest BCUT2D eigenvalue weighted by Crippen LogP contribution is -2.27. The van der Waals surface area contributed by atoms with Crippen LogP contribution in [0.4, 0.5) is 11.4 Å². The first kappa shape index (κ1) is 21.2. The summed E-state index contributed by atoms with van der Waals surface area (Å²) in [6.07, 6.45) is 0. The van der Waals surface area contributed by atoms with Crippen LogP contribution in [0, 0.1) is 19.3 Å². The molecule has 0 fully saturated rings. The third-order valence-corrected chi connectivity index (χ3v) is 4.39. The summed E-state index contributed by atoms with van der Waals surface area (Å²) in [5.74, 6) is -0.934. The Labute approximate surface area is 165 Å². The maximum absolute atomic E-state index is 12.7. The molecule has 0 atom stereocenters. The van der Waals surface area contributed by atoms with Gasteiger partial charge in [-0.05, 0) is 55.3 Å². The Hall–Kier alpha value is -3.15. The summed E-state index contributed by atoms with van der Waals surface area (Å²) in [4.78, 5) is 36.8. The minimum atomic E-state index is -0.540. The van der Waals surface area contributed by atoms with Crippen LogP contribution in [0.2, 0.25) is 0 Å². The number of anilines is 2. The van der Waals surface area contributed by atoms with Gasteiger partial charge in [-0.3, -0.25) is 9.59 Å². The van der Waals surface area contributed by atoms with Crippen molar-refractivity contribution in [3.05, 3.63) is 58.7 Å². The number of hydrogen-bond donors (Lipinski definition) is 2. The second kappa shape index (κ2) is 8.25. The van der Waals surface area contributed by atoms with E-state index >= 15 is 0 Å². The minimum Gasteiger partial charge on any atom is -0.465 e. The van der Waals surface area contributed by atoms with Crippen LogP contribution in [-0.4, -0.2) is 24.9 Å². The standard InChI is InChI=1S/C22H26N2O4/c1-13-10-17(12-18(14(13)2)20(26)28-6)23-19(25)15-8-7-9-16(11-15)24-21(27)22(3,4)5/h7-12H,1-6H3,(H,23,25)(H,24,27). The fraction of sp³-hybridized carbons (Fsp3) is 0.318. The molecule has 0 unspecified atom stereocenters. The van der Waals surface area contributed by atoms with Gasteiger partial charge in [0.15, 0.2) is 0 Å². The van der Waals surface area contributed by atoms with Crippen molar-refractivity contribution in [3.8, 4) is 0 Å². The molecular formula is C22H26N2O4. The Bertz CT molecular complexity index is 927. The molecule has 2 aromatic carbocycles. The normalized spacial score (nSPS) is 10.9. The molecule has 2 amide bonds. The fourth-order valence-corrected chi connectivity index (χ4v) is 2.51. The maximum Gasteiger partial charge on any atom is 0.338 e. The topological polar surface area (TPSA) is 84.5 Å². The van der Waals surface area contributed by atoms with Crippen LogP contribution in [-0.2, 0) is 9.53 Å². The van der Waals surface area contributed by atoms with Gasteiger partial charge in [-0.15, -0.1) is 0 Å². The SMILES string of the molecule is COC(=O)c1cc(NC(=O)c2cccc(NC(=O)C(C)(C)C)c2)cc(C)c1C. The molecule has 2 aromatic rings. The summed E-state index contributed by atoms with van der Waals surface area (Å²) in [6.45, 7) is 9.14. The number of rotatable bonds is 4. The van der Waals surface area contributed by atoms with E-state index in [9.17, 15) is 14.4 Å². The number of ether oxygens (including phenoxy) is 1. The van der Waals surface area contributed by atoms with Crippen LogP contribution in [0.15, 0.2) is 36.4 Å². The lowest BCUT2D eigenvalue weighted by Gasteiger charge is -2.18. The summed E-state index contributed by atoms with van der Waals surface area (Å²) in [7, 11) is 1.32. The summed E-state index contributed by atoms with van der Waals surface area (Å²) < 4.78 is 4.80. The molecule has 0 saturated carbocycles. The zero-order chi connectivity index (χ0) is 21.1. The number of hydrogen-bond acceptors (Lipinski definition) is 4. The maximum atomic E-state index is 12.7. The quantitative estimate of drug-likeness (QED) is 0.771. The van der Waals surface area contributed by atoms with Crippen LogP contribution in [0.25, 0.3) is 0 Å². The Kier molecular flexibility index (Phi) is 6.23.